The molecule has 1 aliphatic rings. The molecule has 0 radical (unpaired) electrons. The van der Waals surface area contributed by atoms with E-state index in [0.29, 0.717) is 43.4 Å². The van der Waals surface area contributed by atoms with Crippen LogP contribution in [0.5, 0.6) is 0 Å². The summed E-state index contributed by atoms with van der Waals surface area (Å²) in [6, 6.07) is 6.57. The molecule has 0 aliphatic carbocycles. The van der Waals surface area contributed by atoms with Crippen LogP contribution in [-0.2, 0) is 17.1 Å². The molecule has 0 saturated carbocycles. The van der Waals surface area contributed by atoms with E-state index in [1.807, 2.05) is 9.80 Å². The first-order valence-corrected chi connectivity index (χ1v) is 9.54. The van der Waals surface area contributed by atoms with Gasteiger partial charge in [0.1, 0.15) is 10.6 Å². The van der Waals surface area contributed by atoms with Gasteiger partial charge in [0.15, 0.2) is 0 Å². The van der Waals surface area contributed by atoms with Gasteiger partial charge in [-0.25, -0.2) is 18.2 Å². The molecule has 26 heavy (non-hydrogen) atoms. The molecule has 3 rings (SSSR count). The van der Waals surface area contributed by atoms with Crippen LogP contribution in [-0.4, -0.2) is 49.3 Å². The van der Waals surface area contributed by atoms with Crippen LogP contribution < -0.4 is 14.9 Å². The summed E-state index contributed by atoms with van der Waals surface area (Å²) in [6.07, 6.45) is 0. The minimum Gasteiger partial charge on any atom is -0.367 e. The van der Waals surface area contributed by atoms with Crippen molar-refractivity contribution in [2.24, 2.45) is 12.2 Å². The van der Waals surface area contributed by atoms with Crippen LogP contribution in [0.3, 0.4) is 0 Å². The van der Waals surface area contributed by atoms with Crippen molar-refractivity contribution in [1.29, 1.82) is 0 Å². The molecular weight excluding hydrogens is 360 g/mol. The lowest BCUT2D eigenvalue weighted by molar-refractivity contribution is -0.384. The number of sulfonamides is 1. The van der Waals surface area contributed by atoms with Crippen molar-refractivity contribution in [3.63, 3.8) is 0 Å². The van der Waals surface area contributed by atoms with Gasteiger partial charge in [-0.1, -0.05) is 12.1 Å². The average Bonchev–Trinajstić information content (AvgIpc) is 2.88. The molecule has 2 N–H and O–H groups in total. The SMILES string of the molecule is Cc1nn(C)c(N2CCN(c3ccccc3S(N)(=O)=O)CC2)c1[N+](=O)[O-]. The Hall–Kier alpha value is -2.66. The number of anilines is 2. The molecule has 2 aromatic rings. The van der Waals surface area contributed by atoms with E-state index in [9.17, 15) is 18.5 Å². The lowest BCUT2D eigenvalue weighted by Gasteiger charge is -2.37. The van der Waals surface area contributed by atoms with Gasteiger partial charge in [-0.05, 0) is 19.1 Å². The van der Waals surface area contributed by atoms with Crippen molar-refractivity contribution in [2.45, 2.75) is 11.8 Å². The van der Waals surface area contributed by atoms with Crippen molar-refractivity contribution in [1.82, 2.24) is 9.78 Å². The van der Waals surface area contributed by atoms with E-state index in [0.717, 1.165) is 0 Å². The summed E-state index contributed by atoms with van der Waals surface area (Å²) in [7, 11) is -2.15. The van der Waals surface area contributed by atoms with Gasteiger partial charge in [-0.15, -0.1) is 0 Å². The van der Waals surface area contributed by atoms with E-state index in [1.54, 1.807) is 32.2 Å². The number of nitrogens with zero attached hydrogens (tertiary/aromatic N) is 5. The van der Waals surface area contributed by atoms with Gasteiger partial charge in [0.25, 0.3) is 0 Å². The van der Waals surface area contributed by atoms with E-state index >= 15 is 0 Å². The Morgan fingerprint density at radius 2 is 1.73 bits per heavy atom. The molecule has 1 saturated heterocycles. The highest BCUT2D eigenvalue weighted by Gasteiger charge is 2.31. The molecule has 0 unspecified atom stereocenters. The number of hydrogen-bond donors (Lipinski definition) is 1. The Bertz CT molecular complexity index is 947. The van der Waals surface area contributed by atoms with Crippen LogP contribution in [0.25, 0.3) is 0 Å². The number of primary sulfonamides is 1. The van der Waals surface area contributed by atoms with Crippen LogP contribution >= 0.6 is 0 Å². The fourth-order valence-corrected chi connectivity index (χ4v) is 4.08. The Morgan fingerprint density at radius 3 is 2.31 bits per heavy atom. The number of aryl methyl sites for hydroxylation is 2. The molecule has 1 fully saturated rings. The van der Waals surface area contributed by atoms with Crippen LogP contribution in [0.15, 0.2) is 29.2 Å². The summed E-state index contributed by atoms with van der Waals surface area (Å²) in [5.74, 6) is 0.465. The lowest BCUT2D eigenvalue weighted by atomic mass is 10.2. The van der Waals surface area contributed by atoms with E-state index in [4.69, 9.17) is 5.14 Å². The van der Waals surface area contributed by atoms with Crippen molar-refractivity contribution in [3.05, 3.63) is 40.1 Å². The Labute approximate surface area is 151 Å². The normalized spacial score (nSPS) is 15.3. The van der Waals surface area contributed by atoms with Gasteiger partial charge in [0.2, 0.25) is 15.8 Å². The number of benzene rings is 1. The second-order valence-electron chi connectivity index (χ2n) is 6.13. The second kappa shape index (κ2) is 6.57. The van der Waals surface area contributed by atoms with Gasteiger partial charge in [-0.3, -0.25) is 10.1 Å². The van der Waals surface area contributed by atoms with Gasteiger partial charge in [-0.2, -0.15) is 5.10 Å². The highest BCUT2D eigenvalue weighted by Crippen LogP contribution is 2.32. The summed E-state index contributed by atoms with van der Waals surface area (Å²) in [6.45, 7) is 3.62. The topological polar surface area (TPSA) is 128 Å². The van der Waals surface area contributed by atoms with Gasteiger partial charge >= 0.3 is 5.69 Å². The zero-order valence-electron chi connectivity index (χ0n) is 14.5. The van der Waals surface area contributed by atoms with E-state index < -0.39 is 14.9 Å². The first-order chi connectivity index (χ1) is 12.2. The maximum atomic E-state index is 11.8. The molecule has 0 atom stereocenters. The minimum atomic E-state index is -3.83. The van der Waals surface area contributed by atoms with Crippen molar-refractivity contribution in [3.8, 4) is 0 Å². The van der Waals surface area contributed by atoms with E-state index in [2.05, 4.69) is 5.10 Å². The first kappa shape index (κ1) is 18.1. The number of nitrogens with two attached hydrogens (primary N) is 1. The molecule has 1 aliphatic heterocycles. The maximum absolute atomic E-state index is 11.8. The first-order valence-electron chi connectivity index (χ1n) is 8.00. The summed E-state index contributed by atoms with van der Waals surface area (Å²) >= 11 is 0. The molecule has 0 amide bonds. The highest BCUT2D eigenvalue weighted by atomic mass is 32.2. The smallest absolute Gasteiger partial charge is 0.333 e. The molecule has 11 heteroatoms. The zero-order chi connectivity index (χ0) is 19.1. The van der Waals surface area contributed by atoms with Crippen LogP contribution in [0, 0.1) is 17.0 Å². The average molecular weight is 380 g/mol. The van der Waals surface area contributed by atoms with Crippen LogP contribution in [0.1, 0.15) is 5.69 Å². The number of nitro groups is 1. The molecule has 0 bridgehead atoms. The largest absolute Gasteiger partial charge is 0.367 e. The van der Waals surface area contributed by atoms with Crippen molar-refractivity contribution >= 4 is 27.2 Å². The second-order valence-corrected chi connectivity index (χ2v) is 7.66. The lowest BCUT2D eigenvalue weighted by Crippen LogP contribution is -2.47. The minimum absolute atomic E-state index is 0.00545. The number of aromatic nitrogens is 2. The molecule has 1 aromatic heterocycles. The Balaban J connectivity index is 1.85. The molecular formula is C15H20N6O4S. The quantitative estimate of drug-likeness (QED) is 0.608. The standard InChI is InChI=1S/C15H20N6O4S/c1-11-14(21(22)23)15(18(2)17-11)20-9-7-19(8-10-20)12-5-3-4-6-13(12)26(16,24)25/h3-6H,7-10H2,1-2H3,(H2,16,24,25). The van der Waals surface area contributed by atoms with Crippen LogP contribution in [0.2, 0.25) is 0 Å². The van der Waals surface area contributed by atoms with Gasteiger partial charge in [0.05, 0.1) is 10.6 Å². The van der Waals surface area contributed by atoms with Crippen molar-refractivity contribution < 1.29 is 13.3 Å². The third kappa shape index (κ3) is 3.22. The number of rotatable bonds is 4. The van der Waals surface area contributed by atoms with Crippen molar-refractivity contribution in [2.75, 3.05) is 36.0 Å². The third-order valence-corrected chi connectivity index (χ3v) is 5.39. The fraction of sp³-hybridized carbons (Fsp3) is 0.400. The monoisotopic (exact) mass is 380 g/mol. The van der Waals surface area contributed by atoms with E-state index in [-0.39, 0.29) is 10.6 Å². The number of hydrogen-bond acceptors (Lipinski definition) is 7. The molecule has 2 heterocycles. The highest BCUT2D eigenvalue weighted by molar-refractivity contribution is 7.89. The Kier molecular flexibility index (Phi) is 4.59. The summed E-state index contributed by atoms with van der Waals surface area (Å²) in [5, 5.41) is 20.8. The van der Waals surface area contributed by atoms with E-state index in [1.165, 1.54) is 10.7 Å². The fourth-order valence-electron chi connectivity index (χ4n) is 3.32. The third-order valence-electron chi connectivity index (χ3n) is 4.44. The molecule has 140 valence electrons. The summed E-state index contributed by atoms with van der Waals surface area (Å²) in [5.41, 5.74) is 0.922. The summed E-state index contributed by atoms with van der Waals surface area (Å²) < 4.78 is 25.1. The zero-order valence-corrected chi connectivity index (χ0v) is 15.3. The molecule has 0 spiro atoms. The molecule has 10 nitrogen and oxygen atoms in total. The predicted octanol–water partition coefficient (Wildman–Crippen LogP) is 0.611. The maximum Gasteiger partial charge on any atom is 0.333 e. The number of para-hydroxylation sites is 1. The predicted molar refractivity (Wildman–Crippen MR) is 96.8 cm³/mol. The number of piperazine rings is 1. The molecule has 1 aromatic carbocycles. The van der Waals surface area contributed by atoms with Crippen LogP contribution in [0.4, 0.5) is 17.2 Å². The van der Waals surface area contributed by atoms with Gasteiger partial charge < -0.3 is 9.80 Å². The Morgan fingerprint density at radius 1 is 1.15 bits per heavy atom. The summed E-state index contributed by atoms with van der Waals surface area (Å²) in [4.78, 5) is 14.9. The van der Waals surface area contributed by atoms with Gasteiger partial charge in [0, 0.05) is 33.2 Å².